The Balaban J connectivity index is 0.00000208. The van der Waals surface area contributed by atoms with Gasteiger partial charge in [-0.25, -0.2) is 0 Å². The first kappa shape index (κ1) is 18.5. The zero-order valence-corrected chi connectivity index (χ0v) is 14.8. The molecule has 0 radical (unpaired) electrons. The highest BCUT2D eigenvalue weighted by molar-refractivity contribution is 5.90. The molecule has 2 aromatic rings. The van der Waals surface area contributed by atoms with E-state index in [1.807, 2.05) is 42.5 Å². The molecular weight excluding hydrogens is 320 g/mol. The van der Waals surface area contributed by atoms with Crippen LogP contribution in [0.1, 0.15) is 43.2 Å². The number of halogens is 1. The van der Waals surface area contributed by atoms with Crippen molar-refractivity contribution in [3.63, 3.8) is 0 Å². The Bertz CT molecular complexity index is 672. The van der Waals surface area contributed by atoms with Crippen LogP contribution >= 0.6 is 12.4 Å². The molecule has 2 atom stereocenters. The summed E-state index contributed by atoms with van der Waals surface area (Å²) in [7, 11) is 0. The maximum atomic E-state index is 12.0. The average molecular weight is 345 g/mol. The maximum Gasteiger partial charge on any atom is 0.224 e. The lowest BCUT2D eigenvalue weighted by atomic mass is 10.0. The lowest BCUT2D eigenvalue weighted by Crippen LogP contribution is -2.22. The number of amides is 1. The molecule has 1 amide bonds. The van der Waals surface area contributed by atoms with Crippen molar-refractivity contribution in [3.8, 4) is 0 Å². The van der Waals surface area contributed by atoms with Gasteiger partial charge in [-0.15, -0.1) is 12.4 Å². The van der Waals surface area contributed by atoms with Gasteiger partial charge in [0.15, 0.2) is 0 Å². The van der Waals surface area contributed by atoms with Gasteiger partial charge in [-0.2, -0.15) is 0 Å². The number of nitrogens with two attached hydrogens (primary N) is 1. The third-order valence-electron chi connectivity index (χ3n) is 4.86. The summed E-state index contributed by atoms with van der Waals surface area (Å²) in [6, 6.07) is 18.2. The maximum absolute atomic E-state index is 12.0. The van der Waals surface area contributed by atoms with E-state index in [4.69, 9.17) is 5.73 Å². The van der Waals surface area contributed by atoms with Crippen molar-refractivity contribution in [2.24, 2.45) is 5.73 Å². The molecule has 3 nitrogen and oxygen atoms in total. The molecular formula is C20H25ClN2O. The van der Waals surface area contributed by atoms with Crippen LogP contribution in [0.4, 0.5) is 5.69 Å². The number of aryl methyl sites for hydroxylation is 1. The molecule has 0 unspecified atom stereocenters. The van der Waals surface area contributed by atoms with E-state index < -0.39 is 0 Å². The van der Waals surface area contributed by atoms with Crippen LogP contribution in [0, 0.1) is 0 Å². The highest BCUT2D eigenvalue weighted by Gasteiger charge is 2.49. The summed E-state index contributed by atoms with van der Waals surface area (Å²) in [5, 5.41) is 2.96. The minimum Gasteiger partial charge on any atom is -0.326 e. The Morgan fingerprint density at radius 2 is 1.83 bits per heavy atom. The number of hydrogen-bond acceptors (Lipinski definition) is 2. The lowest BCUT2D eigenvalue weighted by molar-refractivity contribution is -0.116. The van der Waals surface area contributed by atoms with Gasteiger partial charge in [0.25, 0.3) is 0 Å². The van der Waals surface area contributed by atoms with Crippen LogP contribution in [-0.4, -0.2) is 11.4 Å². The van der Waals surface area contributed by atoms with Crippen LogP contribution in [0.2, 0.25) is 0 Å². The fourth-order valence-electron chi connectivity index (χ4n) is 3.09. The molecule has 0 heterocycles. The molecule has 0 bridgehead atoms. The van der Waals surface area contributed by atoms with Gasteiger partial charge in [0, 0.05) is 23.6 Å². The lowest BCUT2D eigenvalue weighted by Gasteiger charge is -2.09. The molecule has 1 saturated carbocycles. The minimum atomic E-state index is -0.0134. The first-order valence-electron chi connectivity index (χ1n) is 8.33. The molecule has 128 valence electrons. The largest absolute Gasteiger partial charge is 0.326 e. The third-order valence-corrected chi connectivity index (χ3v) is 4.86. The molecule has 1 fully saturated rings. The second kappa shape index (κ2) is 7.82. The number of benzene rings is 2. The Labute approximate surface area is 150 Å². The van der Waals surface area contributed by atoms with E-state index in [0.717, 1.165) is 24.9 Å². The second-order valence-electron chi connectivity index (χ2n) is 6.50. The standard InChI is InChI=1S/C20H24N2O.ClH/c1-2-20(21)14-18(20)16-9-11-17(12-10-16)22-19(23)13-8-15-6-4-3-5-7-15;/h3-7,9-12,18H,2,8,13-14,21H2,1H3,(H,22,23);1H/t18-,20-;/m0./s1. The van der Waals surface area contributed by atoms with Crippen LogP contribution in [0.25, 0.3) is 0 Å². The molecule has 4 heteroatoms. The summed E-state index contributed by atoms with van der Waals surface area (Å²) in [6.45, 7) is 2.14. The Morgan fingerprint density at radius 3 is 2.42 bits per heavy atom. The van der Waals surface area contributed by atoms with Gasteiger partial charge in [-0.3, -0.25) is 4.79 Å². The second-order valence-corrected chi connectivity index (χ2v) is 6.50. The molecule has 0 saturated heterocycles. The van der Waals surface area contributed by atoms with Gasteiger partial charge >= 0.3 is 0 Å². The molecule has 0 spiro atoms. The first-order chi connectivity index (χ1) is 11.1. The Hall–Kier alpha value is -1.84. The van der Waals surface area contributed by atoms with E-state index in [1.54, 1.807) is 0 Å². The number of rotatable bonds is 6. The molecule has 1 aliphatic rings. The molecule has 2 aromatic carbocycles. The van der Waals surface area contributed by atoms with Crippen LogP contribution in [-0.2, 0) is 11.2 Å². The summed E-state index contributed by atoms with van der Waals surface area (Å²) in [5.74, 6) is 0.519. The van der Waals surface area contributed by atoms with E-state index >= 15 is 0 Å². The Kier molecular flexibility index (Phi) is 6.03. The first-order valence-corrected chi connectivity index (χ1v) is 8.33. The quantitative estimate of drug-likeness (QED) is 0.822. The SMILES string of the molecule is CC[C@]1(N)C[C@H]1c1ccc(NC(=O)CCc2ccccc2)cc1.Cl. The topological polar surface area (TPSA) is 55.1 Å². The smallest absolute Gasteiger partial charge is 0.224 e. The van der Waals surface area contributed by atoms with Gasteiger partial charge in [-0.05, 0) is 42.5 Å². The van der Waals surface area contributed by atoms with Gasteiger partial charge in [0.2, 0.25) is 5.91 Å². The highest BCUT2D eigenvalue weighted by atomic mass is 35.5. The van der Waals surface area contributed by atoms with Gasteiger partial charge in [0.05, 0.1) is 0 Å². The number of nitrogens with one attached hydrogen (secondary N) is 1. The molecule has 3 rings (SSSR count). The van der Waals surface area contributed by atoms with Crippen LogP contribution in [0.15, 0.2) is 54.6 Å². The average Bonchev–Trinajstić information content (AvgIpc) is 3.27. The normalized spacial score (nSPS) is 21.7. The fourth-order valence-corrected chi connectivity index (χ4v) is 3.09. The summed E-state index contributed by atoms with van der Waals surface area (Å²) in [5.41, 5.74) is 9.57. The van der Waals surface area contributed by atoms with Gasteiger partial charge in [-0.1, -0.05) is 49.4 Å². The zero-order valence-electron chi connectivity index (χ0n) is 14.0. The number of anilines is 1. The van der Waals surface area contributed by atoms with Crippen molar-refractivity contribution in [2.45, 2.75) is 44.1 Å². The molecule has 1 aliphatic carbocycles. The fraction of sp³-hybridized carbons (Fsp3) is 0.350. The zero-order chi connectivity index (χ0) is 16.3. The van der Waals surface area contributed by atoms with E-state index in [0.29, 0.717) is 12.3 Å². The predicted molar refractivity (Wildman–Crippen MR) is 102 cm³/mol. The molecule has 0 aromatic heterocycles. The number of hydrogen-bond donors (Lipinski definition) is 2. The van der Waals surface area contributed by atoms with E-state index in [2.05, 4.69) is 24.4 Å². The Morgan fingerprint density at radius 1 is 1.17 bits per heavy atom. The number of carbonyl (C=O) groups excluding carboxylic acids is 1. The summed E-state index contributed by atoms with van der Waals surface area (Å²) >= 11 is 0. The van der Waals surface area contributed by atoms with Crippen molar-refractivity contribution in [2.75, 3.05) is 5.32 Å². The molecule has 0 aliphatic heterocycles. The van der Waals surface area contributed by atoms with Crippen molar-refractivity contribution in [3.05, 3.63) is 65.7 Å². The number of carbonyl (C=O) groups is 1. The summed E-state index contributed by atoms with van der Waals surface area (Å²) in [6.07, 6.45) is 3.33. The van der Waals surface area contributed by atoms with Crippen LogP contribution in [0.3, 0.4) is 0 Å². The molecule has 24 heavy (non-hydrogen) atoms. The van der Waals surface area contributed by atoms with Crippen LogP contribution < -0.4 is 11.1 Å². The summed E-state index contributed by atoms with van der Waals surface area (Å²) < 4.78 is 0. The van der Waals surface area contributed by atoms with Crippen molar-refractivity contribution in [1.82, 2.24) is 0 Å². The minimum absolute atomic E-state index is 0. The van der Waals surface area contributed by atoms with Crippen molar-refractivity contribution in [1.29, 1.82) is 0 Å². The van der Waals surface area contributed by atoms with E-state index in [-0.39, 0.29) is 23.9 Å². The van der Waals surface area contributed by atoms with Gasteiger partial charge in [0.1, 0.15) is 0 Å². The van der Waals surface area contributed by atoms with Crippen molar-refractivity contribution >= 4 is 24.0 Å². The van der Waals surface area contributed by atoms with E-state index in [9.17, 15) is 4.79 Å². The van der Waals surface area contributed by atoms with E-state index in [1.165, 1.54) is 11.1 Å². The monoisotopic (exact) mass is 344 g/mol. The van der Waals surface area contributed by atoms with Crippen molar-refractivity contribution < 1.29 is 4.79 Å². The van der Waals surface area contributed by atoms with Crippen LogP contribution in [0.5, 0.6) is 0 Å². The van der Waals surface area contributed by atoms with Gasteiger partial charge < -0.3 is 11.1 Å². The molecule has 3 N–H and O–H groups in total. The predicted octanol–water partition coefficient (Wildman–Crippen LogP) is 4.27. The summed E-state index contributed by atoms with van der Waals surface area (Å²) in [4.78, 5) is 12.0. The third kappa shape index (κ3) is 4.37. The highest BCUT2D eigenvalue weighted by Crippen LogP contribution is 2.51.